The number of nitrogens with one attached hydrogen (secondary N) is 2. The van der Waals surface area contributed by atoms with Crippen LogP contribution < -0.4 is 5.56 Å². The van der Waals surface area contributed by atoms with Crippen LogP contribution >= 0.6 is 0 Å². The second-order valence-corrected chi connectivity index (χ2v) is 6.79. The van der Waals surface area contributed by atoms with E-state index in [0.717, 1.165) is 29.9 Å². The van der Waals surface area contributed by atoms with Gasteiger partial charge in [0.2, 0.25) is 0 Å². The number of fused-ring (bicyclic) bond motifs is 2. The van der Waals surface area contributed by atoms with Crippen LogP contribution in [0.2, 0.25) is 0 Å². The molecule has 27 heavy (non-hydrogen) atoms. The molecule has 5 rings (SSSR count). The van der Waals surface area contributed by atoms with Crippen LogP contribution in [0.3, 0.4) is 0 Å². The number of para-hydroxylation sites is 1. The first-order valence-electron chi connectivity index (χ1n) is 8.93. The van der Waals surface area contributed by atoms with E-state index in [1.807, 2.05) is 6.07 Å². The maximum atomic E-state index is 12.5. The Labute approximate surface area is 155 Å². The van der Waals surface area contributed by atoms with Gasteiger partial charge in [-0.3, -0.25) is 9.69 Å². The highest BCUT2D eigenvalue weighted by atomic mass is 16.1. The van der Waals surface area contributed by atoms with Gasteiger partial charge < -0.3 is 9.97 Å². The summed E-state index contributed by atoms with van der Waals surface area (Å²) < 4.78 is 0. The minimum absolute atomic E-state index is 0.0643. The van der Waals surface area contributed by atoms with Gasteiger partial charge in [0.1, 0.15) is 12.2 Å². The van der Waals surface area contributed by atoms with Crippen molar-refractivity contribution in [3.05, 3.63) is 76.4 Å². The summed E-state index contributed by atoms with van der Waals surface area (Å²) in [5.41, 5.74) is 4.67. The molecule has 1 aliphatic heterocycles. The van der Waals surface area contributed by atoms with Gasteiger partial charge in [0.25, 0.3) is 5.56 Å². The van der Waals surface area contributed by atoms with Crippen LogP contribution in [-0.2, 0) is 19.5 Å². The first kappa shape index (κ1) is 15.9. The lowest BCUT2D eigenvalue weighted by Gasteiger charge is -2.27. The molecule has 0 atom stereocenters. The van der Waals surface area contributed by atoms with Crippen molar-refractivity contribution in [2.24, 2.45) is 0 Å². The van der Waals surface area contributed by atoms with Gasteiger partial charge in [-0.05, 0) is 18.1 Å². The van der Waals surface area contributed by atoms with Crippen molar-refractivity contribution in [3.63, 3.8) is 0 Å². The van der Waals surface area contributed by atoms with Gasteiger partial charge in [-0.1, -0.05) is 18.2 Å². The van der Waals surface area contributed by atoms with Crippen molar-refractivity contribution in [1.82, 2.24) is 29.8 Å². The summed E-state index contributed by atoms with van der Waals surface area (Å²) in [5, 5.41) is 1.24. The van der Waals surface area contributed by atoms with Crippen LogP contribution in [0.15, 0.2) is 54.0 Å². The lowest BCUT2D eigenvalue weighted by molar-refractivity contribution is 0.241. The molecule has 7 nitrogen and oxygen atoms in total. The van der Waals surface area contributed by atoms with E-state index in [-0.39, 0.29) is 5.56 Å². The fraction of sp³-hybridized carbons (Fsp3) is 0.200. The number of rotatable bonds is 3. The van der Waals surface area contributed by atoms with Crippen molar-refractivity contribution < 1.29 is 0 Å². The van der Waals surface area contributed by atoms with Crippen LogP contribution in [0.1, 0.15) is 16.8 Å². The van der Waals surface area contributed by atoms with Crippen molar-refractivity contribution >= 4 is 10.9 Å². The molecule has 1 aliphatic rings. The van der Waals surface area contributed by atoms with Gasteiger partial charge in [-0.25, -0.2) is 15.0 Å². The average molecular weight is 358 g/mol. The smallest absolute Gasteiger partial charge is 0.254 e. The number of aromatic nitrogens is 5. The molecule has 1 aromatic carbocycles. The van der Waals surface area contributed by atoms with Crippen molar-refractivity contribution in [2.75, 3.05) is 6.54 Å². The van der Waals surface area contributed by atoms with Crippen LogP contribution in [0, 0.1) is 0 Å². The van der Waals surface area contributed by atoms with Crippen LogP contribution in [0.5, 0.6) is 0 Å². The molecule has 4 heterocycles. The zero-order chi connectivity index (χ0) is 18.2. The van der Waals surface area contributed by atoms with E-state index in [4.69, 9.17) is 4.98 Å². The number of H-pyrrole nitrogens is 2. The average Bonchev–Trinajstić information content (AvgIpc) is 3.11. The fourth-order valence-electron chi connectivity index (χ4n) is 3.69. The Morgan fingerprint density at radius 3 is 2.89 bits per heavy atom. The fourth-order valence-corrected chi connectivity index (χ4v) is 3.69. The first-order chi connectivity index (χ1) is 13.3. The van der Waals surface area contributed by atoms with E-state index in [1.54, 1.807) is 12.4 Å². The van der Waals surface area contributed by atoms with Gasteiger partial charge in [0.05, 0.1) is 11.3 Å². The normalized spacial score (nSPS) is 14.4. The Balaban J connectivity index is 1.45. The first-order valence-corrected chi connectivity index (χ1v) is 8.93. The number of nitrogens with zero attached hydrogens (tertiary/aromatic N) is 4. The Bertz CT molecular complexity index is 1160. The van der Waals surface area contributed by atoms with Gasteiger partial charge in [0.15, 0.2) is 0 Å². The lowest BCUT2D eigenvalue weighted by Crippen LogP contribution is -2.35. The quantitative estimate of drug-likeness (QED) is 0.586. The minimum atomic E-state index is -0.0643. The third kappa shape index (κ3) is 2.92. The van der Waals surface area contributed by atoms with Gasteiger partial charge >= 0.3 is 0 Å². The van der Waals surface area contributed by atoms with Gasteiger partial charge in [0, 0.05) is 54.7 Å². The van der Waals surface area contributed by atoms with E-state index in [1.165, 1.54) is 17.3 Å². The molecule has 0 bridgehead atoms. The molecule has 0 saturated heterocycles. The number of aromatic amines is 2. The molecule has 7 heteroatoms. The Kier molecular flexibility index (Phi) is 3.79. The predicted octanol–water partition coefficient (Wildman–Crippen LogP) is 2.27. The van der Waals surface area contributed by atoms with Crippen LogP contribution in [0.25, 0.3) is 22.3 Å². The summed E-state index contributed by atoms with van der Waals surface area (Å²) in [6.07, 6.45) is 7.54. The molecule has 3 aromatic heterocycles. The second kappa shape index (κ2) is 6.44. The van der Waals surface area contributed by atoms with Gasteiger partial charge in [-0.2, -0.15) is 0 Å². The zero-order valence-electron chi connectivity index (χ0n) is 14.6. The summed E-state index contributed by atoms with van der Waals surface area (Å²) >= 11 is 0. The third-order valence-corrected chi connectivity index (χ3v) is 5.06. The number of hydrogen-bond donors (Lipinski definition) is 2. The number of benzene rings is 1. The highest BCUT2D eigenvalue weighted by Crippen LogP contribution is 2.23. The SMILES string of the molecule is O=c1[nH]c(-c2cncnc2)nc2c1CCN(Cc1c[nH]c3ccccc13)C2. The largest absolute Gasteiger partial charge is 0.361 e. The topological polar surface area (TPSA) is 90.6 Å². The third-order valence-electron chi connectivity index (χ3n) is 5.06. The van der Waals surface area contributed by atoms with E-state index in [0.29, 0.717) is 24.4 Å². The maximum Gasteiger partial charge on any atom is 0.254 e. The Hall–Kier alpha value is -3.32. The number of hydrogen-bond acceptors (Lipinski definition) is 5. The highest BCUT2D eigenvalue weighted by molar-refractivity contribution is 5.82. The van der Waals surface area contributed by atoms with Crippen LogP contribution in [0.4, 0.5) is 0 Å². The molecular weight excluding hydrogens is 340 g/mol. The van der Waals surface area contributed by atoms with Crippen molar-refractivity contribution in [3.8, 4) is 11.4 Å². The monoisotopic (exact) mass is 358 g/mol. The van der Waals surface area contributed by atoms with E-state index in [9.17, 15) is 4.79 Å². The summed E-state index contributed by atoms with van der Waals surface area (Å²) in [6, 6.07) is 8.31. The molecule has 2 N–H and O–H groups in total. The van der Waals surface area contributed by atoms with Crippen molar-refractivity contribution in [2.45, 2.75) is 19.5 Å². The molecular formula is C20H18N6O. The van der Waals surface area contributed by atoms with E-state index in [2.05, 4.69) is 49.2 Å². The highest BCUT2D eigenvalue weighted by Gasteiger charge is 2.22. The molecule has 4 aromatic rings. The second-order valence-electron chi connectivity index (χ2n) is 6.79. The molecule has 0 amide bonds. The summed E-state index contributed by atoms with van der Waals surface area (Å²) in [4.78, 5) is 33.7. The summed E-state index contributed by atoms with van der Waals surface area (Å²) in [5.74, 6) is 0.522. The molecule has 0 saturated carbocycles. The molecule has 0 unspecified atom stereocenters. The summed E-state index contributed by atoms with van der Waals surface area (Å²) in [6.45, 7) is 2.31. The van der Waals surface area contributed by atoms with E-state index >= 15 is 0 Å². The van der Waals surface area contributed by atoms with Crippen molar-refractivity contribution in [1.29, 1.82) is 0 Å². The lowest BCUT2D eigenvalue weighted by atomic mass is 10.0. The van der Waals surface area contributed by atoms with Crippen LogP contribution in [-0.4, -0.2) is 36.4 Å². The summed E-state index contributed by atoms with van der Waals surface area (Å²) in [7, 11) is 0. The van der Waals surface area contributed by atoms with E-state index < -0.39 is 0 Å². The Morgan fingerprint density at radius 2 is 2.00 bits per heavy atom. The Morgan fingerprint density at radius 1 is 1.15 bits per heavy atom. The van der Waals surface area contributed by atoms with Gasteiger partial charge in [-0.15, -0.1) is 0 Å². The molecule has 0 aliphatic carbocycles. The maximum absolute atomic E-state index is 12.5. The molecule has 0 fully saturated rings. The zero-order valence-corrected chi connectivity index (χ0v) is 14.6. The minimum Gasteiger partial charge on any atom is -0.361 e. The molecule has 0 spiro atoms. The standard InChI is InChI=1S/C20H18N6O/c27-20-16-5-6-26(10-14-9-23-17-4-2-1-3-15(14)17)11-18(16)24-19(25-20)13-7-21-12-22-8-13/h1-4,7-9,12,23H,5-6,10-11H2,(H,24,25,27). The molecule has 0 radical (unpaired) electrons. The predicted molar refractivity (Wildman–Crippen MR) is 102 cm³/mol. The molecule has 134 valence electrons.